The highest BCUT2D eigenvalue weighted by molar-refractivity contribution is 6.08. The number of Topliss-reactive ketones (excluding diaryl/α,β-unsaturated/α-hetero) is 2. The second-order valence-electron chi connectivity index (χ2n) is 16.5. The van der Waals surface area contributed by atoms with Crippen molar-refractivity contribution in [1.82, 2.24) is 19.9 Å². The Morgan fingerprint density at radius 2 is 1.79 bits per heavy atom. The summed E-state index contributed by atoms with van der Waals surface area (Å²) in [5.74, 6) is -5.03. The molecule has 1 amide bonds. The van der Waals surface area contributed by atoms with Gasteiger partial charge in [-0.2, -0.15) is 0 Å². The van der Waals surface area contributed by atoms with Crippen LogP contribution in [0.5, 0.6) is 0 Å². The maximum atomic E-state index is 16.7. The molecular weight excluding hydrogens is 743 g/mol. The number of halogens is 1. The van der Waals surface area contributed by atoms with Crippen LogP contribution < -0.4 is 11.5 Å². The number of ether oxygens (including phenoxy) is 5. The fraction of sp³-hybridized carbons (Fsp3) is 0.700. The number of aliphatic hydroxyl groups excluding tert-OH is 1. The van der Waals surface area contributed by atoms with Gasteiger partial charge in [0, 0.05) is 55.7 Å². The van der Waals surface area contributed by atoms with Gasteiger partial charge in [0.25, 0.3) is 5.67 Å². The number of amides is 1. The molecule has 16 nitrogen and oxygen atoms in total. The molecule has 3 saturated heterocycles. The second-order valence-corrected chi connectivity index (χ2v) is 16.5. The number of fused-ring (bicyclic) bond motifs is 1. The van der Waals surface area contributed by atoms with Crippen molar-refractivity contribution in [2.75, 3.05) is 19.4 Å². The summed E-state index contributed by atoms with van der Waals surface area (Å²) in [7, 11) is 1.37. The lowest BCUT2D eigenvalue weighted by Gasteiger charge is -2.45. The van der Waals surface area contributed by atoms with E-state index in [0.717, 1.165) is 12.5 Å². The van der Waals surface area contributed by atoms with Gasteiger partial charge in [-0.05, 0) is 71.9 Å². The van der Waals surface area contributed by atoms with Crippen LogP contribution in [0, 0.1) is 11.8 Å². The molecule has 0 spiro atoms. The zero-order valence-corrected chi connectivity index (χ0v) is 34.2. The van der Waals surface area contributed by atoms with Gasteiger partial charge in [0.2, 0.25) is 0 Å². The number of unbranched alkanes of at least 4 members (excludes halogenated alkanes) is 1. The van der Waals surface area contributed by atoms with Crippen molar-refractivity contribution in [3.8, 4) is 11.3 Å². The highest BCUT2D eigenvalue weighted by Crippen LogP contribution is 2.42. The molecule has 3 fully saturated rings. The molecule has 2 aromatic rings. The summed E-state index contributed by atoms with van der Waals surface area (Å²) >= 11 is 0. The van der Waals surface area contributed by atoms with Gasteiger partial charge in [0.15, 0.2) is 17.7 Å². The number of hydrogen-bond donors (Lipinski definition) is 3. The molecule has 1 aromatic carbocycles. The molecule has 0 aliphatic carbocycles. The number of nitrogens with zero attached hydrogens (tertiary/aromatic N) is 4. The van der Waals surface area contributed by atoms with Crippen molar-refractivity contribution < 1.29 is 52.4 Å². The summed E-state index contributed by atoms with van der Waals surface area (Å²) in [4.78, 5) is 57.2. The Bertz CT molecular complexity index is 1780. The molecule has 3 aliphatic rings. The lowest BCUT2D eigenvalue weighted by Crippen LogP contribution is -2.60. The maximum absolute atomic E-state index is 16.7. The van der Waals surface area contributed by atoms with Gasteiger partial charge in [-0.3, -0.25) is 14.3 Å². The minimum atomic E-state index is -3.19. The van der Waals surface area contributed by atoms with Crippen molar-refractivity contribution in [2.24, 2.45) is 17.6 Å². The molecule has 316 valence electrons. The molecule has 0 saturated carbocycles. The molecule has 4 heterocycles. The SMILES string of the molecule is CC[C@H]1OC(=O)[C@@](C)(F)C(=O)[C@H](C)[C@@H](O[C@@H]2OC(C)CC(N)C2O)[C@](C)(OC)C[C@@H](C)C(=O)C[C@H]2N(CCCCn3cc(-c4cccc(N)c4)nn3)C(=O)O[C@]12C. The van der Waals surface area contributed by atoms with E-state index in [9.17, 15) is 24.3 Å². The second kappa shape index (κ2) is 17.4. The number of rotatable bonds is 10. The number of aliphatic hydroxyl groups is 1. The van der Waals surface area contributed by atoms with Crippen LogP contribution in [0.1, 0.15) is 87.0 Å². The zero-order valence-electron chi connectivity index (χ0n) is 34.2. The number of carbonyl (C=O) groups is 4. The quantitative estimate of drug-likeness (QED) is 0.135. The maximum Gasteiger partial charge on any atom is 0.410 e. The van der Waals surface area contributed by atoms with Crippen LogP contribution in [-0.2, 0) is 44.6 Å². The third-order valence-electron chi connectivity index (χ3n) is 12.0. The fourth-order valence-corrected chi connectivity index (χ4v) is 8.46. The van der Waals surface area contributed by atoms with Gasteiger partial charge in [-0.1, -0.05) is 38.1 Å². The number of anilines is 1. The van der Waals surface area contributed by atoms with E-state index < -0.39 is 89.3 Å². The topological polar surface area (TPSA) is 221 Å². The Labute approximate surface area is 333 Å². The number of esters is 1. The fourth-order valence-electron chi connectivity index (χ4n) is 8.46. The number of nitrogens with two attached hydrogens (primary N) is 2. The van der Waals surface area contributed by atoms with Crippen LogP contribution >= 0.6 is 0 Å². The summed E-state index contributed by atoms with van der Waals surface area (Å²) in [5, 5.41) is 19.4. The number of methoxy groups -OCH3 is 1. The minimum absolute atomic E-state index is 0.0204. The van der Waals surface area contributed by atoms with Crippen molar-refractivity contribution in [3.63, 3.8) is 0 Å². The van der Waals surface area contributed by atoms with Crippen LogP contribution in [0.25, 0.3) is 11.3 Å². The van der Waals surface area contributed by atoms with E-state index in [4.69, 9.17) is 35.2 Å². The predicted octanol–water partition coefficient (Wildman–Crippen LogP) is 3.75. The Morgan fingerprint density at radius 1 is 1.09 bits per heavy atom. The van der Waals surface area contributed by atoms with Crippen LogP contribution in [0.15, 0.2) is 30.5 Å². The van der Waals surface area contributed by atoms with Crippen LogP contribution in [0.3, 0.4) is 0 Å². The van der Waals surface area contributed by atoms with Crippen molar-refractivity contribution >= 4 is 29.3 Å². The Morgan fingerprint density at radius 3 is 2.46 bits per heavy atom. The van der Waals surface area contributed by atoms with Gasteiger partial charge >= 0.3 is 12.1 Å². The lowest BCUT2D eigenvalue weighted by molar-refractivity contribution is -0.288. The molecule has 1 aromatic heterocycles. The first kappa shape index (κ1) is 44.1. The van der Waals surface area contributed by atoms with E-state index >= 15 is 4.39 Å². The Balaban J connectivity index is 1.42. The molecular formula is C40H59FN6O10. The van der Waals surface area contributed by atoms with Crippen LogP contribution in [0.2, 0.25) is 0 Å². The first-order chi connectivity index (χ1) is 26.7. The molecule has 57 heavy (non-hydrogen) atoms. The van der Waals surface area contributed by atoms with E-state index in [2.05, 4.69) is 10.3 Å². The monoisotopic (exact) mass is 802 g/mol. The molecule has 12 atom stereocenters. The molecule has 5 N–H and O–H groups in total. The number of nitrogen functional groups attached to an aromatic ring is 1. The average molecular weight is 803 g/mol. The van der Waals surface area contributed by atoms with E-state index in [0.29, 0.717) is 37.2 Å². The Kier molecular flexibility index (Phi) is 13.5. The highest BCUT2D eigenvalue weighted by Gasteiger charge is 2.60. The smallest absolute Gasteiger partial charge is 0.410 e. The van der Waals surface area contributed by atoms with Crippen molar-refractivity contribution in [1.29, 1.82) is 0 Å². The van der Waals surface area contributed by atoms with Gasteiger partial charge in [0.1, 0.15) is 23.7 Å². The standard InChI is InChI=1S/C40H59FN6O10/c1-9-31-40(7)30(47(37(52)57-40)16-11-10-15-46-21-28(44-45-46)25-13-12-14-26(42)18-25)19-29(48)22(2)20-38(5,53-8)34(24(4)33(50)39(6,41)36(51)55-31)56-35-32(49)27(43)17-23(3)54-35/h12-14,18,21-24,27,30-32,34-35,49H,9-11,15-17,19-20,42-43H2,1-8H3/t22-,23?,24+,27?,30-,31-,32?,34-,35+,38-,39+,40+/m1/s1. The van der Waals surface area contributed by atoms with Gasteiger partial charge in [-0.25, -0.2) is 14.0 Å². The summed E-state index contributed by atoms with van der Waals surface area (Å²) in [6.07, 6.45) is -3.21. The number of hydrogen-bond acceptors (Lipinski definition) is 14. The van der Waals surface area contributed by atoms with Crippen molar-refractivity contribution in [3.05, 3.63) is 30.5 Å². The highest BCUT2D eigenvalue weighted by atomic mass is 19.1. The summed E-state index contributed by atoms with van der Waals surface area (Å²) < 4.78 is 48.3. The summed E-state index contributed by atoms with van der Waals surface area (Å²) in [6, 6.07) is 5.68. The molecule has 5 rings (SSSR count). The van der Waals surface area contributed by atoms with E-state index in [1.807, 2.05) is 18.2 Å². The number of cyclic esters (lactones) is 1. The lowest BCUT2D eigenvalue weighted by atomic mass is 9.75. The molecule has 3 unspecified atom stereocenters. The normalized spacial score (nSPS) is 37.0. The first-order valence-electron chi connectivity index (χ1n) is 19.8. The average Bonchev–Trinajstić information content (AvgIpc) is 3.73. The predicted molar refractivity (Wildman–Crippen MR) is 205 cm³/mol. The minimum Gasteiger partial charge on any atom is -0.455 e. The third kappa shape index (κ3) is 9.17. The third-order valence-corrected chi connectivity index (χ3v) is 12.0. The number of alkyl halides is 1. The number of benzene rings is 1. The van der Waals surface area contributed by atoms with E-state index in [-0.39, 0.29) is 31.6 Å². The van der Waals surface area contributed by atoms with E-state index in [1.165, 1.54) is 18.9 Å². The Hall–Kier alpha value is -4.03. The van der Waals surface area contributed by atoms with Crippen LogP contribution in [0.4, 0.5) is 14.9 Å². The van der Waals surface area contributed by atoms with Crippen molar-refractivity contribution in [2.45, 2.75) is 153 Å². The van der Waals surface area contributed by atoms with Crippen LogP contribution in [-0.4, -0.2) is 122 Å². The number of carbonyl (C=O) groups excluding carboxylic acids is 4. The molecule has 17 heteroatoms. The number of aryl methyl sites for hydroxylation is 1. The molecule has 0 bridgehead atoms. The molecule has 0 radical (unpaired) electrons. The first-order valence-corrected chi connectivity index (χ1v) is 19.8. The van der Waals surface area contributed by atoms with Gasteiger partial charge in [0.05, 0.1) is 30.0 Å². The van der Waals surface area contributed by atoms with E-state index in [1.54, 1.807) is 51.6 Å². The largest absolute Gasteiger partial charge is 0.455 e. The number of aromatic nitrogens is 3. The molecule has 3 aliphatic heterocycles. The zero-order chi connectivity index (χ0) is 42.0. The summed E-state index contributed by atoms with van der Waals surface area (Å²) in [6.45, 7) is 11.2. The van der Waals surface area contributed by atoms with Gasteiger partial charge in [-0.15, -0.1) is 5.10 Å². The van der Waals surface area contributed by atoms with Gasteiger partial charge < -0.3 is 45.2 Å². The number of ketones is 2. The summed E-state index contributed by atoms with van der Waals surface area (Å²) in [5.41, 5.74) is 7.96.